The molecule has 2 heteroatoms. The zero-order valence-electron chi connectivity index (χ0n) is 25.4. The number of anilines is 1. The van der Waals surface area contributed by atoms with E-state index in [4.69, 9.17) is 18.0 Å². The summed E-state index contributed by atoms with van der Waals surface area (Å²) in [6, 6.07) is 24.1. The van der Waals surface area contributed by atoms with Crippen LogP contribution in [0.25, 0.3) is 0 Å². The lowest BCUT2D eigenvalue weighted by atomic mass is 9.97. The lowest BCUT2D eigenvalue weighted by Crippen LogP contribution is -2.30. The van der Waals surface area contributed by atoms with E-state index in [-0.39, 0.29) is 0 Å². The van der Waals surface area contributed by atoms with E-state index in [9.17, 15) is 0 Å². The molecule has 0 aromatic heterocycles. The summed E-state index contributed by atoms with van der Waals surface area (Å²) in [5.74, 6) is 4.00. The number of halogens is 1. The van der Waals surface area contributed by atoms with Crippen molar-refractivity contribution in [3.05, 3.63) is 99.6 Å². The summed E-state index contributed by atoms with van der Waals surface area (Å²) < 4.78 is 0. The molecule has 0 saturated heterocycles. The minimum atomic E-state index is 0.383. The van der Waals surface area contributed by atoms with Crippen molar-refractivity contribution < 1.29 is 0 Å². The van der Waals surface area contributed by atoms with Crippen LogP contribution < -0.4 is 4.90 Å². The fraction of sp³-hybridized carbons (Fsp3) is 0.459. The number of unbranched alkanes of at least 4 members (excludes halogenated alkanes) is 1. The molecule has 0 aliphatic rings. The molecule has 0 radical (unpaired) electrons. The normalized spacial score (nSPS) is 12.3. The highest BCUT2D eigenvalue weighted by molar-refractivity contribution is 6.30. The number of aryl methyl sites for hydroxylation is 2. The third-order valence-electron chi connectivity index (χ3n) is 7.61. The Balaban J connectivity index is 0.000000370. The van der Waals surface area contributed by atoms with Crippen LogP contribution in [0.4, 0.5) is 5.69 Å². The van der Waals surface area contributed by atoms with E-state index >= 15 is 0 Å². The van der Waals surface area contributed by atoms with Gasteiger partial charge >= 0.3 is 0 Å². The summed E-state index contributed by atoms with van der Waals surface area (Å²) in [4.78, 5) is 2.61. The molecule has 1 nitrogen and oxygen atoms in total. The largest absolute Gasteiger partial charge is 0.364 e. The average molecular weight is 544 g/mol. The summed E-state index contributed by atoms with van der Waals surface area (Å²) in [5, 5.41) is 0.805. The molecular weight excluding hydrogens is 494 g/mol. The predicted molar refractivity (Wildman–Crippen MR) is 174 cm³/mol. The molecule has 0 bridgehead atoms. The lowest BCUT2D eigenvalue weighted by Gasteiger charge is -2.35. The Bertz CT molecular complexity index is 1140. The van der Waals surface area contributed by atoms with Crippen molar-refractivity contribution >= 4 is 17.3 Å². The summed E-state index contributed by atoms with van der Waals surface area (Å²) in [6.45, 7) is 16.9. The van der Waals surface area contributed by atoms with E-state index in [1.807, 2.05) is 24.3 Å². The van der Waals surface area contributed by atoms with Gasteiger partial charge in [0.15, 0.2) is 0 Å². The van der Waals surface area contributed by atoms with E-state index in [1.165, 1.54) is 60.0 Å². The quantitative estimate of drug-likeness (QED) is 0.205. The zero-order chi connectivity index (χ0) is 28.8. The fourth-order valence-electron chi connectivity index (χ4n) is 4.89. The van der Waals surface area contributed by atoms with Crippen molar-refractivity contribution in [3.8, 4) is 12.3 Å². The van der Waals surface area contributed by atoms with Crippen molar-refractivity contribution in [2.24, 2.45) is 5.92 Å². The zero-order valence-corrected chi connectivity index (χ0v) is 26.2. The fourth-order valence-corrected chi connectivity index (χ4v) is 5.01. The summed E-state index contributed by atoms with van der Waals surface area (Å²) in [7, 11) is 0. The van der Waals surface area contributed by atoms with Crippen LogP contribution in [0.5, 0.6) is 0 Å². The maximum Gasteiger partial charge on any atom is 0.0539 e. The molecule has 0 aliphatic carbocycles. The van der Waals surface area contributed by atoms with Gasteiger partial charge < -0.3 is 4.90 Å². The summed E-state index contributed by atoms with van der Waals surface area (Å²) in [6.07, 6.45) is 12.4. The molecule has 3 aromatic rings. The smallest absolute Gasteiger partial charge is 0.0539 e. The second-order valence-corrected chi connectivity index (χ2v) is 11.6. The molecule has 0 heterocycles. The van der Waals surface area contributed by atoms with Gasteiger partial charge in [-0.2, -0.15) is 0 Å². The Kier molecular flexibility index (Phi) is 14.3. The SMILES string of the molecule is C#Cc1ccc(C(C)CC)cc1.CCCCN(c1ccc(CCC(C)C)cc1C)[C@@H](CC)c1ccc(Cl)cc1. The van der Waals surface area contributed by atoms with Crippen molar-refractivity contribution in [3.63, 3.8) is 0 Å². The number of hydrogen-bond donors (Lipinski definition) is 0. The van der Waals surface area contributed by atoms with Crippen LogP contribution in [0, 0.1) is 25.2 Å². The molecule has 0 fully saturated rings. The maximum atomic E-state index is 6.12. The van der Waals surface area contributed by atoms with Crippen LogP contribution >= 0.6 is 11.6 Å². The van der Waals surface area contributed by atoms with Gasteiger partial charge in [-0.1, -0.05) is 102 Å². The first-order valence-electron chi connectivity index (χ1n) is 14.9. The minimum Gasteiger partial charge on any atom is -0.364 e. The molecule has 39 heavy (non-hydrogen) atoms. The second kappa shape index (κ2) is 17.1. The predicted octanol–water partition coefficient (Wildman–Crippen LogP) is 11.2. The summed E-state index contributed by atoms with van der Waals surface area (Å²) in [5.41, 5.74) is 7.90. The first-order valence-corrected chi connectivity index (χ1v) is 15.3. The Morgan fingerprint density at radius 3 is 2.00 bits per heavy atom. The van der Waals surface area contributed by atoms with E-state index < -0.39 is 0 Å². The van der Waals surface area contributed by atoms with Crippen molar-refractivity contribution in [1.29, 1.82) is 0 Å². The molecular formula is C37H50ClN. The molecule has 3 aromatic carbocycles. The molecule has 0 aliphatic heterocycles. The van der Waals surface area contributed by atoms with Crippen LogP contribution in [-0.4, -0.2) is 6.54 Å². The molecule has 0 saturated carbocycles. The highest BCUT2D eigenvalue weighted by Crippen LogP contribution is 2.33. The Labute approximate surface area is 245 Å². The minimum absolute atomic E-state index is 0.383. The number of hydrogen-bond acceptors (Lipinski definition) is 1. The van der Waals surface area contributed by atoms with E-state index in [0.29, 0.717) is 12.0 Å². The Morgan fingerprint density at radius 1 is 0.846 bits per heavy atom. The van der Waals surface area contributed by atoms with Crippen molar-refractivity contribution in [2.75, 3.05) is 11.4 Å². The van der Waals surface area contributed by atoms with Crippen LogP contribution in [-0.2, 0) is 6.42 Å². The molecule has 3 rings (SSSR count). The highest BCUT2D eigenvalue weighted by Gasteiger charge is 2.20. The molecule has 210 valence electrons. The van der Waals surface area contributed by atoms with Gasteiger partial charge in [-0.05, 0) is 103 Å². The van der Waals surface area contributed by atoms with Crippen LogP contribution in [0.15, 0.2) is 66.7 Å². The van der Waals surface area contributed by atoms with Gasteiger partial charge in [0, 0.05) is 22.8 Å². The monoisotopic (exact) mass is 543 g/mol. The van der Waals surface area contributed by atoms with Crippen LogP contribution in [0.2, 0.25) is 5.02 Å². The lowest BCUT2D eigenvalue weighted by molar-refractivity contribution is 0.580. The van der Waals surface area contributed by atoms with Gasteiger partial charge in [0.05, 0.1) is 6.04 Å². The van der Waals surface area contributed by atoms with Crippen molar-refractivity contribution in [1.82, 2.24) is 0 Å². The standard InChI is InChI=1S/C25H36ClN.C12H14/c1-6-8-17-27(24(7-2)22-12-14-23(26)15-13-22)25-16-11-21(18-20(25)5)10-9-19(3)4;1-4-10(3)12-8-6-11(5-2)7-9-12/h11-16,18-19,24H,6-10,17H2,1-5H3;2,6-10H,4H2,1,3H3/t24-;/m0./s1. The number of benzene rings is 3. The summed E-state index contributed by atoms with van der Waals surface area (Å²) >= 11 is 6.12. The third-order valence-corrected chi connectivity index (χ3v) is 7.86. The molecule has 0 amide bonds. The van der Waals surface area contributed by atoms with Gasteiger partial charge in [0.25, 0.3) is 0 Å². The number of rotatable bonds is 12. The first-order chi connectivity index (χ1) is 18.7. The third kappa shape index (κ3) is 10.4. The van der Waals surface area contributed by atoms with Crippen molar-refractivity contribution in [2.45, 2.75) is 99.0 Å². The average Bonchev–Trinajstić information content (AvgIpc) is 2.95. The van der Waals surface area contributed by atoms with Gasteiger partial charge in [0.1, 0.15) is 0 Å². The molecule has 2 atom stereocenters. The maximum absolute atomic E-state index is 6.12. The van der Waals surface area contributed by atoms with Gasteiger partial charge in [-0.15, -0.1) is 6.42 Å². The number of terminal acetylenes is 1. The first kappa shape index (κ1) is 32.5. The Morgan fingerprint density at radius 2 is 1.49 bits per heavy atom. The topological polar surface area (TPSA) is 3.24 Å². The number of nitrogens with zero attached hydrogens (tertiary/aromatic N) is 1. The molecule has 0 N–H and O–H groups in total. The van der Waals surface area contributed by atoms with E-state index in [1.54, 1.807) is 0 Å². The Hall–Kier alpha value is -2.69. The van der Waals surface area contributed by atoms with Crippen LogP contribution in [0.1, 0.15) is 113 Å². The van der Waals surface area contributed by atoms with E-state index in [2.05, 4.69) is 102 Å². The second-order valence-electron chi connectivity index (χ2n) is 11.2. The van der Waals surface area contributed by atoms with E-state index in [0.717, 1.165) is 29.5 Å². The van der Waals surface area contributed by atoms with Crippen LogP contribution in [0.3, 0.4) is 0 Å². The highest BCUT2D eigenvalue weighted by atomic mass is 35.5. The van der Waals surface area contributed by atoms with Gasteiger partial charge in [0.2, 0.25) is 0 Å². The molecule has 1 unspecified atom stereocenters. The van der Waals surface area contributed by atoms with Gasteiger partial charge in [-0.25, -0.2) is 0 Å². The molecule has 0 spiro atoms. The van der Waals surface area contributed by atoms with Gasteiger partial charge in [-0.3, -0.25) is 0 Å².